The van der Waals surface area contributed by atoms with Gasteiger partial charge in [0.1, 0.15) is 10.6 Å². The van der Waals surface area contributed by atoms with Gasteiger partial charge in [-0.15, -0.1) is 6.58 Å². The highest BCUT2D eigenvalue weighted by Crippen LogP contribution is 2.21. The van der Waals surface area contributed by atoms with Crippen LogP contribution in [0.5, 0.6) is 0 Å². The van der Waals surface area contributed by atoms with Crippen LogP contribution in [0.2, 0.25) is 0 Å². The number of nitrogens with one attached hydrogen (secondary N) is 1. The number of allylic oxidation sites excluding steroid dienone is 1. The molecule has 2 atom stereocenters. The summed E-state index contributed by atoms with van der Waals surface area (Å²) in [6, 6.07) is 5.41. The summed E-state index contributed by atoms with van der Waals surface area (Å²) in [5.74, 6) is -0.112. The number of carbonyl (C=O) groups is 1. The molecule has 1 aromatic rings. The van der Waals surface area contributed by atoms with Crippen LogP contribution in [0.25, 0.3) is 0 Å². The van der Waals surface area contributed by atoms with E-state index in [1.807, 2.05) is 38.1 Å². The lowest BCUT2D eigenvalue weighted by Gasteiger charge is -2.26. The quantitative estimate of drug-likeness (QED) is 0.439. The number of carbonyl (C=O) groups excluding carboxylic acids is 1. The van der Waals surface area contributed by atoms with Gasteiger partial charge in [0.25, 0.3) is 0 Å². The maximum atomic E-state index is 11.9. The molecule has 1 N–H and O–H groups in total. The maximum Gasteiger partial charge on any atom is 0.323 e. The summed E-state index contributed by atoms with van der Waals surface area (Å²) < 4.78 is 5.67. The molecule has 0 fully saturated rings. The molecule has 0 aliphatic heterocycles. The van der Waals surface area contributed by atoms with E-state index in [2.05, 4.69) is 32.8 Å². The van der Waals surface area contributed by atoms with Gasteiger partial charge in [0.05, 0.1) is 18.8 Å². The largest absolute Gasteiger partial charge is 0.468 e. The minimum absolute atomic E-state index is 0.0213. The minimum atomic E-state index is -0.356. The van der Waals surface area contributed by atoms with Crippen molar-refractivity contribution in [3.8, 4) is 0 Å². The first-order chi connectivity index (χ1) is 9.99. The van der Waals surface area contributed by atoms with Crippen LogP contribution < -0.4 is 5.32 Å². The molecular weight excluding hydrogens is 332 g/mol. The number of methoxy groups -OCH3 is 1. The lowest BCUT2D eigenvalue weighted by Crippen LogP contribution is -2.43. The predicted octanol–water partition coefficient (Wildman–Crippen LogP) is 3.64. The molecule has 0 spiro atoms. The second-order valence-electron chi connectivity index (χ2n) is 5.22. The van der Waals surface area contributed by atoms with Crippen molar-refractivity contribution in [1.29, 1.82) is 0 Å². The minimum Gasteiger partial charge on any atom is -0.468 e. The molecule has 5 heteroatoms. The van der Waals surface area contributed by atoms with Crippen molar-refractivity contribution in [2.24, 2.45) is 5.92 Å². The zero-order valence-electron chi connectivity index (χ0n) is 12.8. The molecule has 4 nitrogen and oxygen atoms in total. The standard InChI is InChI=1S/C16H23BrN2O2/c1-5-6-8-13(12-9-7-10-14(17)18-12)19-15(11(2)3)16(20)21-4/h5,7,9-11,13,15,19H,1,6,8H2,2-4H3/t13-,15-/m0/s1. The van der Waals surface area contributed by atoms with E-state index in [-0.39, 0.29) is 24.0 Å². The number of nitrogens with zero attached hydrogens (tertiary/aromatic N) is 1. The van der Waals surface area contributed by atoms with E-state index in [4.69, 9.17) is 4.74 Å². The Bertz CT molecular complexity index is 477. The Labute approximate surface area is 135 Å². The zero-order chi connectivity index (χ0) is 15.8. The summed E-state index contributed by atoms with van der Waals surface area (Å²) in [7, 11) is 1.41. The Morgan fingerprint density at radius 1 is 1.52 bits per heavy atom. The number of hydrogen-bond donors (Lipinski definition) is 1. The summed E-state index contributed by atoms with van der Waals surface area (Å²) in [5.41, 5.74) is 0.903. The van der Waals surface area contributed by atoms with Crippen molar-refractivity contribution in [2.75, 3.05) is 7.11 Å². The van der Waals surface area contributed by atoms with Gasteiger partial charge in [0, 0.05) is 0 Å². The molecule has 21 heavy (non-hydrogen) atoms. The van der Waals surface area contributed by atoms with Gasteiger partial charge in [-0.2, -0.15) is 0 Å². The second-order valence-corrected chi connectivity index (χ2v) is 6.03. The highest BCUT2D eigenvalue weighted by molar-refractivity contribution is 9.10. The van der Waals surface area contributed by atoms with Crippen molar-refractivity contribution in [2.45, 2.75) is 38.8 Å². The van der Waals surface area contributed by atoms with E-state index in [9.17, 15) is 4.79 Å². The van der Waals surface area contributed by atoms with Crippen molar-refractivity contribution in [1.82, 2.24) is 10.3 Å². The van der Waals surface area contributed by atoms with E-state index in [0.717, 1.165) is 23.1 Å². The molecule has 0 saturated carbocycles. The summed E-state index contributed by atoms with van der Waals surface area (Å²) >= 11 is 3.39. The molecule has 0 unspecified atom stereocenters. The molecule has 0 bridgehead atoms. The molecule has 1 aromatic heterocycles. The number of rotatable bonds is 8. The van der Waals surface area contributed by atoms with E-state index >= 15 is 0 Å². The number of aromatic nitrogens is 1. The highest BCUT2D eigenvalue weighted by atomic mass is 79.9. The third-order valence-electron chi connectivity index (χ3n) is 3.26. The zero-order valence-corrected chi connectivity index (χ0v) is 14.4. The van der Waals surface area contributed by atoms with Gasteiger partial charge in [-0.05, 0) is 46.8 Å². The van der Waals surface area contributed by atoms with Gasteiger partial charge < -0.3 is 4.74 Å². The van der Waals surface area contributed by atoms with Crippen molar-refractivity contribution in [3.63, 3.8) is 0 Å². The summed E-state index contributed by atoms with van der Waals surface area (Å²) in [4.78, 5) is 16.4. The smallest absolute Gasteiger partial charge is 0.323 e. The Kier molecular flexibility index (Phi) is 7.61. The van der Waals surface area contributed by atoms with E-state index in [0.29, 0.717) is 0 Å². The van der Waals surface area contributed by atoms with Crippen molar-refractivity contribution >= 4 is 21.9 Å². The van der Waals surface area contributed by atoms with Crippen LogP contribution in [0.1, 0.15) is 38.4 Å². The van der Waals surface area contributed by atoms with Gasteiger partial charge in [-0.3, -0.25) is 10.1 Å². The molecule has 1 rings (SSSR count). The average molecular weight is 355 g/mol. The van der Waals surface area contributed by atoms with E-state index < -0.39 is 0 Å². The number of hydrogen-bond acceptors (Lipinski definition) is 4. The molecule has 0 radical (unpaired) electrons. The SMILES string of the molecule is C=CCC[C@H](N[C@H](C(=O)OC)C(C)C)c1cccc(Br)n1. The number of esters is 1. The summed E-state index contributed by atoms with van der Waals surface area (Å²) in [6.07, 6.45) is 3.54. The molecule has 0 saturated heterocycles. The maximum absolute atomic E-state index is 11.9. The molecular formula is C16H23BrN2O2. The summed E-state index contributed by atoms with van der Waals surface area (Å²) in [5, 5.41) is 3.38. The Morgan fingerprint density at radius 3 is 2.76 bits per heavy atom. The Morgan fingerprint density at radius 2 is 2.24 bits per heavy atom. The Hall–Kier alpha value is -1.20. The van der Waals surface area contributed by atoms with Gasteiger partial charge in [0.2, 0.25) is 0 Å². The fourth-order valence-electron chi connectivity index (χ4n) is 2.10. The molecule has 1 heterocycles. The lowest BCUT2D eigenvalue weighted by molar-refractivity contribution is -0.144. The van der Waals surface area contributed by atoms with Crippen LogP contribution in [0.3, 0.4) is 0 Å². The highest BCUT2D eigenvalue weighted by Gasteiger charge is 2.26. The van der Waals surface area contributed by atoms with E-state index in [1.165, 1.54) is 7.11 Å². The summed E-state index contributed by atoms with van der Waals surface area (Å²) in [6.45, 7) is 7.75. The average Bonchev–Trinajstić information content (AvgIpc) is 2.46. The van der Waals surface area contributed by atoms with Gasteiger partial charge in [-0.1, -0.05) is 26.0 Å². The van der Waals surface area contributed by atoms with Crippen LogP contribution in [-0.4, -0.2) is 24.1 Å². The third kappa shape index (κ3) is 5.59. The third-order valence-corrected chi connectivity index (χ3v) is 3.70. The number of halogens is 1. The van der Waals surface area contributed by atoms with Gasteiger partial charge in [-0.25, -0.2) is 4.98 Å². The molecule has 0 aliphatic carbocycles. The molecule has 0 aromatic carbocycles. The van der Waals surface area contributed by atoms with E-state index in [1.54, 1.807) is 0 Å². The molecule has 116 valence electrons. The van der Waals surface area contributed by atoms with Crippen LogP contribution in [-0.2, 0) is 9.53 Å². The van der Waals surface area contributed by atoms with Crippen LogP contribution in [0, 0.1) is 5.92 Å². The van der Waals surface area contributed by atoms with Crippen LogP contribution in [0.4, 0.5) is 0 Å². The first-order valence-corrected chi connectivity index (χ1v) is 7.86. The monoisotopic (exact) mass is 354 g/mol. The van der Waals surface area contributed by atoms with Gasteiger partial charge in [0.15, 0.2) is 0 Å². The normalized spacial score (nSPS) is 13.8. The van der Waals surface area contributed by atoms with Gasteiger partial charge >= 0.3 is 5.97 Å². The van der Waals surface area contributed by atoms with Crippen molar-refractivity contribution in [3.05, 3.63) is 41.2 Å². The fourth-order valence-corrected chi connectivity index (χ4v) is 2.45. The second kappa shape index (κ2) is 8.95. The topological polar surface area (TPSA) is 51.2 Å². The lowest BCUT2D eigenvalue weighted by atomic mass is 10.00. The molecule has 0 amide bonds. The van der Waals surface area contributed by atoms with Crippen LogP contribution >= 0.6 is 15.9 Å². The van der Waals surface area contributed by atoms with Crippen LogP contribution in [0.15, 0.2) is 35.5 Å². The number of pyridine rings is 1. The first kappa shape index (κ1) is 17.9. The van der Waals surface area contributed by atoms with Crippen molar-refractivity contribution < 1.29 is 9.53 Å². The fraction of sp³-hybridized carbons (Fsp3) is 0.500. The Balaban J connectivity index is 2.96. The molecule has 0 aliphatic rings. The first-order valence-electron chi connectivity index (χ1n) is 7.06. The predicted molar refractivity (Wildman–Crippen MR) is 87.9 cm³/mol. The number of ether oxygens (including phenoxy) is 1.